The van der Waals surface area contributed by atoms with E-state index in [-0.39, 0.29) is 24.0 Å². The van der Waals surface area contributed by atoms with Gasteiger partial charge in [0.1, 0.15) is 18.2 Å². The summed E-state index contributed by atoms with van der Waals surface area (Å²) in [5.74, 6) is 0.112. The highest BCUT2D eigenvalue weighted by molar-refractivity contribution is 5.74. The number of hydrogen-bond donors (Lipinski definition) is 2. The lowest BCUT2D eigenvalue weighted by molar-refractivity contribution is 0.0997. The van der Waals surface area contributed by atoms with Crippen molar-refractivity contribution in [2.24, 2.45) is 0 Å². The molecule has 2 atom stereocenters. The lowest BCUT2D eigenvalue weighted by Crippen LogP contribution is -2.43. The van der Waals surface area contributed by atoms with Crippen molar-refractivity contribution >= 4 is 6.03 Å². The van der Waals surface area contributed by atoms with Gasteiger partial charge in [0.2, 0.25) is 5.89 Å². The van der Waals surface area contributed by atoms with Crippen molar-refractivity contribution in [1.82, 2.24) is 20.6 Å². The highest BCUT2D eigenvalue weighted by Gasteiger charge is 2.30. The van der Waals surface area contributed by atoms with Gasteiger partial charge in [-0.1, -0.05) is 6.07 Å². The molecule has 1 fully saturated rings. The molecule has 150 valence electrons. The molecular formula is C21H21FN4O3. The van der Waals surface area contributed by atoms with Gasteiger partial charge >= 0.3 is 6.03 Å². The number of ether oxygens (including phenoxy) is 1. The predicted octanol–water partition coefficient (Wildman–Crippen LogP) is 3.25. The average molecular weight is 396 g/mol. The molecule has 1 aromatic carbocycles. The first-order chi connectivity index (χ1) is 14.2. The van der Waals surface area contributed by atoms with E-state index < -0.39 is 0 Å². The van der Waals surface area contributed by atoms with E-state index in [0.717, 1.165) is 12.0 Å². The molecule has 0 saturated carbocycles. The summed E-state index contributed by atoms with van der Waals surface area (Å²) >= 11 is 0. The van der Waals surface area contributed by atoms with Crippen LogP contribution in [0.1, 0.15) is 23.8 Å². The summed E-state index contributed by atoms with van der Waals surface area (Å²) in [5, 5.41) is 5.80. The number of amides is 2. The van der Waals surface area contributed by atoms with Gasteiger partial charge in [0, 0.05) is 43.1 Å². The van der Waals surface area contributed by atoms with Crippen LogP contribution in [0.3, 0.4) is 0 Å². The normalized spacial score (nSPS) is 18.5. The molecule has 1 aliphatic rings. The highest BCUT2D eigenvalue weighted by Crippen LogP contribution is 2.28. The number of nitrogens with zero attached hydrogens (tertiary/aromatic N) is 2. The predicted molar refractivity (Wildman–Crippen MR) is 103 cm³/mol. The van der Waals surface area contributed by atoms with Gasteiger partial charge in [0.05, 0.1) is 11.7 Å². The van der Waals surface area contributed by atoms with Crippen LogP contribution in [0.4, 0.5) is 9.18 Å². The van der Waals surface area contributed by atoms with E-state index in [0.29, 0.717) is 36.7 Å². The monoisotopic (exact) mass is 396 g/mol. The summed E-state index contributed by atoms with van der Waals surface area (Å²) in [5.41, 5.74) is 2.36. The van der Waals surface area contributed by atoms with E-state index in [1.54, 1.807) is 30.8 Å². The van der Waals surface area contributed by atoms with Crippen molar-refractivity contribution < 1.29 is 18.3 Å². The molecule has 0 radical (unpaired) electrons. The first-order valence-electron chi connectivity index (χ1n) is 9.45. The van der Waals surface area contributed by atoms with Gasteiger partial charge in [-0.25, -0.2) is 14.2 Å². The standard InChI is InChI=1S/C21H21FN4O3/c22-16-5-3-14(4-6-16)20-25-17(13-29-20)7-10-24-21(27)26-18-8-11-28-19(18)15-2-1-9-23-12-15/h1-6,9,12-13,18-19H,7-8,10-11H2,(H2,24,26,27)/t18-,19+/m1/s1. The van der Waals surface area contributed by atoms with Crippen LogP contribution in [-0.4, -0.2) is 35.2 Å². The first-order valence-corrected chi connectivity index (χ1v) is 9.45. The molecule has 3 heterocycles. The lowest BCUT2D eigenvalue weighted by atomic mass is 10.0. The van der Waals surface area contributed by atoms with Gasteiger partial charge in [0.15, 0.2) is 0 Å². The quantitative estimate of drug-likeness (QED) is 0.668. The highest BCUT2D eigenvalue weighted by atomic mass is 19.1. The largest absolute Gasteiger partial charge is 0.444 e. The minimum absolute atomic E-state index is 0.101. The Kier molecular flexibility index (Phi) is 5.81. The minimum Gasteiger partial charge on any atom is -0.444 e. The van der Waals surface area contributed by atoms with Crippen molar-refractivity contribution in [2.45, 2.75) is 25.0 Å². The van der Waals surface area contributed by atoms with Gasteiger partial charge < -0.3 is 19.8 Å². The van der Waals surface area contributed by atoms with Crippen LogP contribution in [0.25, 0.3) is 11.5 Å². The molecule has 3 aromatic rings. The maximum atomic E-state index is 13.0. The maximum absolute atomic E-state index is 13.0. The summed E-state index contributed by atoms with van der Waals surface area (Å²) < 4.78 is 24.2. The Morgan fingerprint density at radius 1 is 1.24 bits per heavy atom. The van der Waals surface area contributed by atoms with E-state index in [1.807, 2.05) is 12.1 Å². The fourth-order valence-corrected chi connectivity index (χ4v) is 3.28. The summed E-state index contributed by atoms with van der Waals surface area (Å²) in [4.78, 5) is 20.7. The molecule has 2 N–H and O–H groups in total. The smallest absolute Gasteiger partial charge is 0.315 e. The van der Waals surface area contributed by atoms with E-state index in [9.17, 15) is 9.18 Å². The van der Waals surface area contributed by atoms with Crippen molar-refractivity contribution in [2.75, 3.05) is 13.2 Å². The van der Waals surface area contributed by atoms with Crippen LogP contribution in [0.15, 0.2) is 59.5 Å². The number of pyridine rings is 1. The lowest BCUT2D eigenvalue weighted by Gasteiger charge is -2.20. The fraction of sp³-hybridized carbons (Fsp3) is 0.286. The number of hydrogen-bond acceptors (Lipinski definition) is 5. The Labute approximate surface area is 167 Å². The van der Waals surface area contributed by atoms with Crippen LogP contribution in [0.5, 0.6) is 0 Å². The zero-order valence-corrected chi connectivity index (χ0v) is 15.7. The van der Waals surface area contributed by atoms with Crippen molar-refractivity contribution in [1.29, 1.82) is 0 Å². The molecular weight excluding hydrogens is 375 g/mol. The van der Waals surface area contributed by atoms with Crippen molar-refractivity contribution in [3.63, 3.8) is 0 Å². The Bertz CT molecular complexity index is 946. The summed E-state index contributed by atoms with van der Waals surface area (Å²) in [6.45, 7) is 1.00. The van der Waals surface area contributed by atoms with Gasteiger partial charge in [-0.15, -0.1) is 0 Å². The Hall–Kier alpha value is -3.26. The summed E-state index contributed by atoms with van der Waals surface area (Å²) in [6.07, 6.45) is 6.08. The Morgan fingerprint density at radius 3 is 2.90 bits per heavy atom. The zero-order valence-electron chi connectivity index (χ0n) is 15.7. The van der Waals surface area contributed by atoms with Gasteiger partial charge in [-0.3, -0.25) is 4.98 Å². The Balaban J connectivity index is 1.26. The van der Waals surface area contributed by atoms with Gasteiger partial charge in [-0.05, 0) is 36.8 Å². The van der Waals surface area contributed by atoms with Crippen molar-refractivity contribution in [3.05, 3.63) is 72.1 Å². The van der Waals surface area contributed by atoms with Gasteiger partial charge in [0.25, 0.3) is 0 Å². The minimum atomic E-state index is -0.311. The first kappa shape index (κ1) is 19.1. The van der Waals surface area contributed by atoms with Crippen LogP contribution < -0.4 is 10.6 Å². The fourth-order valence-electron chi connectivity index (χ4n) is 3.28. The second-order valence-corrected chi connectivity index (χ2v) is 6.77. The molecule has 29 heavy (non-hydrogen) atoms. The van der Waals surface area contributed by atoms with Crippen LogP contribution >= 0.6 is 0 Å². The molecule has 1 saturated heterocycles. The SMILES string of the molecule is O=C(NCCc1coc(-c2ccc(F)cc2)n1)N[C@@H]1CCO[C@H]1c1cccnc1. The second kappa shape index (κ2) is 8.83. The molecule has 0 bridgehead atoms. The molecule has 1 aliphatic heterocycles. The van der Waals surface area contributed by atoms with E-state index in [2.05, 4.69) is 20.6 Å². The molecule has 7 nitrogen and oxygen atoms in total. The number of rotatable bonds is 6. The molecule has 0 spiro atoms. The van der Waals surface area contributed by atoms with Crippen LogP contribution in [-0.2, 0) is 11.2 Å². The molecule has 4 rings (SSSR count). The second-order valence-electron chi connectivity index (χ2n) is 6.77. The maximum Gasteiger partial charge on any atom is 0.315 e. The zero-order chi connectivity index (χ0) is 20.1. The molecule has 8 heteroatoms. The number of urea groups is 1. The number of benzene rings is 1. The third-order valence-corrected chi connectivity index (χ3v) is 4.73. The van der Waals surface area contributed by atoms with Crippen LogP contribution in [0, 0.1) is 5.82 Å². The summed E-state index contributed by atoms with van der Waals surface area (Å²) in [7, 11) is 0. The third-order valence-electron chi connectivity index (χ3n) is 4.73. The summed E-state index contributed by atoms with van der Waals surface area (Å²) in [6, 6.07) is 9.38. The van der Waals surface area contributed by atoms with Gasteiger partial charge in [-0.2, -0.15) is 0 Å². The average Bonchev–Trinajstić information content (AvgIpc) is 3.39. The van der Waals surface area contributed by atoms with E-state index in [1.165, 1.54) is 12.1 Å². The molecule has 0 aliphatic carbocycles. The number of oxazole rings is 1. The molecule has 0 unspecified atom stereocenters. The topological polar surface area (TPSA) is 89.3 Å². The number of halogens is 1. The molecule has 2 amide bonds. The number of carbonyl (C=O) groups is 1. The van der Waals surface area contributed by atoms with Crippen LogP contribution in [0.2, 0.25) is 0 Å². The number of carbonyl (C=O) groups excluding carboxylic acids is 1. The Morgan fingerprint density at radius 2 is 2.10 bits per heavy atom. The van der Waals surface area contributed by atoms with E-state index in [4.69, 9.17) is 9.15 Å². The van der Waals surface area contributed by atoms with Crippen molar-refractivity contribution in [3.8, 4) is 11.5 Å². The molecule has 2 aromatic heterocycles. The number of aromatic nitrogens is 2. The third kappa shape index (κ3) is 4.78. The number of nitrogens with one attached hydrogen (secondary N) is 2. The van der Waals surface area contributed by atoms with E-state index >= 15 is 0 Å².